The summed E-state index contributed by atoms with van der Waals surface area (Å²) < 4.78 is 5.67. The number of nitrogens with one attached hydrogen (secondary N) is 2. The molecule has 1 unspecified atom stereocenters. The lowest BCUT2D eigenvalue weighted by molar-refractivity contribution is -0.141. The number of ether oxygens (including phenoxy) is 1. The molecule has 0 aromatic heterocycles. The topological polar surface area (TPSA) is 91.0 Å². The van der Waals surface area contributed by atoms with Crippen molar-refractivity contribution in [2.24, 2.45) is 0 Å². The molecule has 0 aliphatic carbocycles. The Bertz CT molecular complexity index is 1070. The number of hydrogen-bond donors (Lipinski definition) is 2. The second-order valence-electron chi connectivity index (χ2n) is 9.42. The van der Waals surface area contributed by atoms with Crippen LogP contribution < -0.4 is 10.6 Å². The summed E-state index contributed by atoms with van der Waals surface area (Å²) in [7, 11) is 0. The fourth-order valence-corrected chi connectivity index (χ4v) is 4.88. The summed E-state index contributed by atoms with van der Waals surface area (Å²) in [4.78, 5) is 41.2. The molecule has 4 rings (SSSR count). The number of piperidine rings is 1. The predicted octanol–water partition coefficient (Wildman–Crippen LogP) is 3.83. The number of likely N-dealkylation sites (tertiary alicyclic amines) is 1. The van der Waals surface area contributed by atoms with Gasteiger partial charge in [0.15, 0.2) is 0 Å². The summed E-state index contributed by atoms with van der Waals surface area (Å²) in [6, 6.07) is 14.8. The van der Waals surface area contributed by atoms with Gasteiger partial charge in [-0.2, -0.15) is 0 Å². The van der Waals surface area contributed by atoms with E-state index in [0.717, 1.165) is 31.4 Å². The zero-order valence-corrected chi connectivity index (χ0v) is 21.3. The van der Waals surface area contributed by atoms with Crippen molar-refractivity contribution in [2.45, 2.75) is 50.7 Å². The van der Waals surface area contributed by atoms with Gasteiger partial charge in [-0.1, -0.05) is 48.9 Å². The minimum atomic E-state index is -0.756. The molecule has 2 heterocycles. The number of carbonyl (C=O) groups excluding carboxylic acids is 3. The van der Waals surface area contributed by atoms with Gasteiger partial charge in [-0.25, -0.2) is 4.79 Å². The van der Waals surface area contributed by atoms with Crippen LogP contribution in [0.4, 0.5) is 10.5 Å². The van der Waals surface area contributed by atoms with E-state index in [4.69, 9.17) is 16.3 Å². The number of amides is 3. The quantitative estimate of drug-likeness (QED) is 0.498. The van der Waals surface area contributed by atoms with E-state index in [2.05, 4.69) is 17.6 Å². The highest BCUT2D eigenvalue weighted by atomic mass is 35.5. The fraction of sp³-hybridized carbons (Fsp3) is 0.444. The molecule has 192 valence electrons. The van der Waals surface area contributed by atoms with Gasteiger partial charge in [-0.3, -0.25) is 14.9 Å². The first kappa shape index (κ1) is 26.0. The zero-order valence-electron chi connectivity index (χ0n) is 20.5. The van der Waals surface area contributed by atoms with Crippen molar-refractivity contribution in [3.05, 3.63) is 64.7 Å². The molecule has 36 heavy (non-hydrogen) atoms. The first-order valence-corrected chi connectivity index (χ1v) is 12.8. The summed E-state index contributed by atoms with van der Waals surface area (Å²) >= 11 is 6.37. The Morgan fingerprint density at radius 3 is 2.47 bits per heavy atom. The molecule has 0 spiro atoms. The summed E-state index contributed by atoms with van der Waals surface area (Å²) in [5.41, 5.74) is 1.87. The lowest BCUT2D eigenvalue weighted by Crippen LogP contribution is -2.61. The Balaban J connectivity index is 1.46. The molecule has 9 heteroatoms. The van der Waals surface area contributed by atoms with Gasteiger partial charge in [-0.05, 0) is 61.6 Å². The average Bonchev–Trinajstić information content (AvgIpc) is 2.87. The van der Waals surface area contributed by atoms with E-state index in [-0.39, 0.29) is 25.1 Å². The van der Waals surface area contributed by atoms with E-state index in [0.29, 0.717) is 36.6 Å². The molecule has 3 amide bonds. The third-order valence-corrected chi connectivity index (χ3v) is 7.61. The molecule has 2 aromatic carbocycles. The third kappa shape index (κ3) is 5.99. The summed E-state index contributed by atoms with van der Waals surface area (Å²) in [6.07, 6.45) is 2.95. The SMILES string of the molecule is CCc1ccc(NC(=O)OCC2(N(C=O)Cc3ccccc3Cl)CCN(C(=O)C3CCN3)CC2)cc1. The Hall–Kier alpha value is -3.10. The molecular formula is C27H33ClN4O4. The molecule has 2 aromatic rings. The number of carbonyl (C=O) groups is 3. The number of aryl methyl sites for hydroxylation is 1. The number of nitrogens with zero attached hydrogens (tertiary/aromatic N) is 2. The van der Waals surface area contributed by atoms with E-state index < -0.39 is 11.6 Å². The molecule has 8 nitrogen and oxygen atoms in total. The molecule has 0 radical (unpaired) electrons. The van der Waals surface area contributed by atoms with Crippen LogP contribution in [0.25, 0.3) is 0 Å². The first-order valence-electron chi connectivity index (χ1n) is 12.4. The minimum Gasteiger partial charge on any atom is -0.447 e. The second-order valence-corrected chi connectivity index (χ2v) is 9.83. The molecule has 0 bridgehead atoms. The number of hydrogen-bond acceptors (Lipinski definition) is 5. The molecule has 2 fully saturated rings. The first-order chi connectivity index (χ1) is 17.4. The molecule has 2 N–H and O–H groups in total. The minimum absolute atomic E-state index is 0.0127. The number of anilines is 1. The van der Waals surface area contributed by atoms with E-state index in [1.165, 1.54) is 5.56 Å². The maximum absolute atomic E-state index is 12.7. The molecule has 0 saturated carbocycles. The Labute approximate surface area is 216 Å². The van der Waals surface area contributed by atoms with Crippen LogP contribution in [0.3, 0.4) is 0 Å². The maximum Gasteiger partial charge on any atom is 0.411 e. The molecule has 2 aliphatic heterocycles. The van der Waals surface area contributed by atoms with Crippen molar-refractivity contribution < 1.29 is 19.1 Å². The molecule has 1 atom stereocenters. The second kappa shape index (κ2) is 11.8. The third-order valence-electron chi connectivity index (χ3n) is 7.24. The number of benzene rings is 2. The number of halogens is 1. The lowest BCUT2D eigenvalue weighted by Gasteiger charge is -2.47. The van der Waals surface area contributed by atoms with Gasteiger partial charge in [0.1, 0.15) is 6.61 Å². The van der Waals surface area contributed by atoms with Gasteiger partial charge in [0.2, 0.25) is 12.3 Å². The van der Waals surface area contributed by atoms with Crippen molar-refractivity contribution in [3.8, 4) is 0 Å². The highest BCUT2D eigenvalue weighted by Crippen LogP contribution is 2.32. The van der Waals surface area contributed by atoms with Crippen LogP contribution in [0.5, 0.6) is 0 Å². The van der Waals surface area contributed by atoms with Crippen molar-refractivity contribution in [1.29, 1.82) is 0 Å². The summed E-state index contributed by atoms with van der Waals surface area (Å²) in [5.74, 6) is 0.0906. The standard InChI is InChI=1S/C27H33ClN4O4/c1-2-20-7-9-22(10-8-20)30-26(35)36-18-27(32(19-33)17-21-5-3-4-6-23(21)28)12-15-31(16-13-27)25(34)24-11-14-29-24/h3-10,19,24,29H,2,11-18H2,1H3,(H,30,35). The van der Waals surface area contributed by atoms with Gasteiger partial charge in [0, 0.05) is 30.3 Å². The lowest BCUT2D eigenvalue weighted by atomic mass is 9.85. The van der Waals surface area contributed by atoms with E-state index >= 15 is 0 Å². The van der Waals surface area contributed by atoms with Gasteiger partial charge < -0.3 is 19.9 Å². The van der Waals surface area contributed by atoms with Crippen LogP contribution in [0.2, 0.25) is 5.02 Å². The highest BCUT2D eigenvalue weighted by molar-refractivity contribution is 6.31. The van der Waals surface area contributed by atoms with Crippen LogP contribution in [-0.4, -0.2) is 66.0 Å². The van der Waals surface area contributed by atoms with Gasteiger partial charge in [0.25, 0.3) is 0 Å². The fourth-order valence-electron chi connectivity index (χ4n) is 4.68. The van der Waals surface area contributed by atoms with E-state index in [1.54, 1.807) is 11.0 Å². The van der Waals surface area contributed by atoms with Crippen LogP contribution in [0.1, 0.15) is 37.3 Å². The van der Waals surface area contributed by atoms with Gasteiger partial charge >= 0.3 is 6.09 Å². The zero-order chi connectivity index (χ0) is 25.5. The Morgan fingerprint density at radius 2 is 1.89 bits per heavy atom. The summed E-state index contributed by atoms with van der Waals surface area (Å²) in [5, 5.41) is 6.48. The Morgan fingerprint density at radius 1 is 1.19 bits per heavy atom. The molecule has 2 aliphatic rings. The average molecular weight is 513 g/mol. The number of rotatable bonds is 9. The van der Waals surface area contributed by atoms with Crippen LogP contribution in [-0.2, 0) is 27.3 Å². The normalized spacial score (nSPS) is 18.6. The monoisotopic (exact) mass is 512 g/mol. The Kier molecular flexibility index (Phi) is 8.48. The predicted molar refractivity (Wildman–Crippen MR) is 139 cm³/mol. The van der Waals surface area contributed by atoms with Crippen LogP contribution >= 0.6 is 11.6 Å². The maximum atomic E-state index is 12.7. The van der Waals surface area contributed by atoms with Crippen molar-refractivity contribution >= 4 is 35.7 Å². The van der Waals surface area contributed by atoms with Crippen molar-refractivity contribution in [2.75, 3.05) is 31.6 Å². The van der Waals surface area contributed by atoms with Gasteiger partial charge in [0.05, 0.1) is 11.6 Å². The van der Waals surface area contributed by atoms with E-state index in [9.17, 15) is 14.4 Å². The largest absolute Gasteiger partial charge is 0.447 e. The smallest absolute Gasteiger partial charge is 0.411 e. The molecular weight excluding hydrogens is 480 g/mol. The highest BCUT2D eigenvalue weighted by Gasteiger charge is 2.43. The summed E-state index contributed by atoms with van der Waals surface area (Å²) in [6.45, 7) is 4.18. The van der Waals surface area contributed by atoms with Crippen molar-refractivity contribution in [3.63, 3.8) is 0 Å². The van der Waals surface area contributed by atoms with Crippen LogP contribution in [0, 0.1) is 0 Å². The van der Waals surface area contributed by atoms with Crippen LogP contribution in [0.15, 0.2) is 48.5 Å². The van der Waals surface area contributed by atoms with Gasteiger partial charge in [-0.15, -0.1) is 0 Å². The van der Waals surface area contributed by atoms with E-state index in [1.807, 2.05) is 47.4 Å². The van der Waals surface area contributed by atoms with Crippen molar-refractivity contribution in [1.82, 2.24) is 15.1 Å². The molecule has 2 saturated heterocycles.